The SMILES string of the molecule is CC(=O)N1CCCN(Cc2ccc(F)cc2)CCN(CC(=O)Nc2ccc3[nH]c(=O)oc3c2)Cc2ccccc21. The fourth-order valence-electron chi connectivity index (χ4n) is 5.09. The summed E-state index contributed by atoms with van der Waals surface area (Å²) in [6.45, 7) is 5.41. The zero-order chi connectivity index (χ0) is 28.1. The minimum Gasteiger partial charge on any atom is -0.408 e. The lowest BCUT2D eigenvalue weighted by atomic mass is 10.1. The van der Waals surface area contributed by atoms with Gasteiger partial charge in [0.25, 0.3) is 0 Å². The molecule has 1 aliphatic rings. The smallest absolute Gasteiger partial charge is 0.408 e. The molecule has 2 N–H and O–H groups in total. The van der Waals surface area contributed by atoms with E-state index in [2.05, 4.69) is 20.1 Å². The molecule has 0 saturated heterocycles. The third kappa shape index (κ3) is 6.83. The molecular weight excluding hydrogens is 513 g/mol. The summed E-state index contributed by atoms with van der Waals surface area (Å²) in [7, 11) is 0. The predicted octanol–water partition coefficient (Wildman–Crippen LogP) is 3.96. The van der Waals surface area contributed by atoms with E-state index in [0.717, 1.165) is 29.8 Å². The van der Waals surface area contributed by atoms with Gasteiger partial charge < -0.3 is 14.6 Å². The second-order valence-corrected chi connectivity index (χ2v) is 10.0. The maximum atomic E-state index is 13.5. The van der Waals surface area contributed by atoms with Crippen molar-refractivity contribution >= 4 is 34.3 Å². The Labute approximate surface area is 231 Å². The van der Waals surface area contributed by atoms with Gasteiger partial charge in [0.2, 0.25) is 11.8 Å². The van der Waals surface area contributed by atoms with Crippen LogP contribution in [0.5, 0.6) is 0 Å². The summed E-state index contributed by atoms with van der Waals surface area (Å²) in [5.74, 6) is -1.07. The van der Waals surface area contributed by atoms with Crippen LogP contribution in [0, 0.1) is 5.82 Å². The number of carbonyl (C=O) groups is 2. The van der Waals surface area contributed by atoms with Crippen molar-refractivity contribution in [2.75, 3.05) is 42.9 Å². The van der Waals surface area contributed by atoms with Gasteiger partial charge in [0.05, 0.1) is 12.1 Å². The van der Waals surface area contributed by atoms with E-state index in [-0.39, 0.29) is 24.2 Å². The first-order chi connectivity index (χ1) is 19.3. The van der Waals surface area contributed by atoms with Crippen LogP contribution in [-0.2, 0) is 22.7 Å². The fourth-order valence-corrected chi connectivity index (χ4v) is 5.09. The van der Waals surface area contributed by atoms with E-state index in [1.807, 2.05) is 24.3 Å². The van der Waals surface area contributed by atoms with Gasteiger partial charge in [-0.2, -0.15) is 0 Å². The number of nitrogens with one attached hydrogen (secondary N) is 2. The lowest BCUT2D eigenvalue weighted by Crippen LogP contribution is -2.39. The standard InChI is InChI=1S/C30H32FN5O4/c1-21(37)36-14-4-13-34(18-22-7-9-24(31)10-8-22)15-16-35(19-23-5-2-3-6-27(23)36)20-29(38)32-25-11-12-26-28(17-25)40-30(39)33-26/h2-3,5-12,17H,4,13-16,18-20H2,1H3,(H,32,38)(H,33,39). The van der Waals surface area contributed by atoms with Crippen LogP contribution in [0.4, 0.5) is 15.8 Å². The number of benzene rings is 3. The second-order valence-electron chi connectivity index (χ2n) is 10.0. The molecule has 40 heavy (non-hydrogen) atoms. The zero-order valence-electron chi connectivity index (χ0n) is 22.4. The Balaban J connectivity index is 1.36. The number of rotatable bonds is 5. The minimum atomic E-state index is -0.550. The highest BCUT2D eigenvalue weighted by atomic mass is 19.1. The molecule has 0 aliphatic carbocycles. The molecular formula is C30H32FN5O4. The van der Waals surface area contributed by atoms with Crippen molar-refractivity contribution in [3.8, 4) is 0 Å². The van der Waals surface area contributed by atoms with Crippen molar-refractivity contribution in [3.63, 3.8) is 0 Å². The Morgan fingerprint density at radius 1 is 0.975 bits per heavy atom. The number of para-hydroxylation sites is 1. The van der Waals surface area contributed by atoms with Gasteiger partial charge in [-0.15, -0.1) is 0 Å². The number of fused-ring (bicyclic) bond motifs is 2. The van der Waals surface area contributed by atoms with E-state index in [1.165, 1.54) is 12.1 Å². The van der Waals surface area contributed by atoms with E-state index in [9.17, 15) is 18.8 Å². The Kier molecular flexibility index (Phi) is 8.37. The molecule has 0 fully saturated rings. The number of hydrogen-bond donors (Lipinski definition) is 2. The lowest BCUT2D eigenvalue weighted by molar-refractivity contribution is -0.118. The van der Waals surface area contributed by atoms with Gasteiger partial charge in [0, 0.05) is 63.6 Å². The number of nitrogens with zero attached hydrogens (tertiary/aromatic N) is 3. The Morgan fingerprint density at radius 2 is 1.75 bits per heavy atom. The maximum absolute atomic E-state index is 13.5. The summed E-state index contributed by atoms with van der Waals surface area (Å²) >= 11 is 0. The summed E-state index contributed by atoms with van der Waals surface area (Å²) < 4.78 is 18.6. The predicted molar refractivity (Wildman–Crippen MR) is 152 cm³/mol. The van der Waals surface area contributed by atoms with E-state index in [4.69, 9.17) is 4.42 Å². The first-order valence-corrected chi connectivity index (χ1v) is 13.3. The zero-order valence-corrected chi connectivity index (χ0v) is 22.4. The molecule has 0 spiro atoms. The molecule has 1 aliphatic heterocycles. The minimum absolute atomic E-state index is 0.0344. The quantitative estimate of drug-likeness (QED) is 0.394. The Morgan fingerprint density at radius 3 is 2.55 bits per heavy atom. The molecule has 3 aromatic carbocycles. The first-order valence-electron chi connectivity index (χ1n) is 13.3. The molecule has 0 unspecified atom stereocenters. The number of anilines is 2. The molecule has 1 aromatic heterocycles. The highest BCUT2D eigenvalue weighted by molar-refractivity contribution is 5.94. The number of carbonyl (C=O) groups excluding carboxylic acids is 2. The average molecular weight is 546 g/mol. The molecule has 10 heteroatoms. The van der Waals surface area contributed by atoms with Crippen molar-refractivity contribution in [3.05, 3.63) is 94.2 Å². The molecule has 0 radical (unpaired) electrons. The van der Waals surface area contributed by atoms with Crippen molar-refractivity contribution in [1.82, 2.24) is 14.8 Å². The van der Waals surface area contributed by atoms with E-state index >= 15 is 0 Å². The van der Waals surface area contributed by atoms with Crippen molar-refractivity contribution in [2.45, 2.75) is 26.4 Å². The van der Waals surface area contributed by atoms with Crippen LogP contribution in [0.1, 0.15) is 24.5 Å². The van der Waals surface area contributed by atoms with Gasteiger partial charge in [0.1, 0.15) is 5.82 Å². The van der Waals surface area contributed by atoms with Crippen LogP contribution in [0.15, 0.2) is 75.9 Å². The Hall–Kier alpha value is -4.28. The molecule has 4 aromatic rings. The van der Waals surface area contributed by atoms with Gasteiger partial charge >= 0.3 is 5.76 Å². The van der Waals surface area contributed by atoms with E-state index < -0.39 is 5.76 Å². The van der Waals surface area contributed by atoms with Crippen LogP contribution in [-0.4, -0.2) is 59.3 Å². The topological polar surface area (TPSA) is 102 Å². The van der Waals surface area contributed by atoms with Crippen molar-refractivity contribution < 1.29 is 18.4 Å². The van der Waals surface area contributed by atoms with E-state index in [1.54, 1.807) is 42.2 Å². The highest BCUT2D eigenvalue weighted by Crippen LogP contribution is 2.24. The van der Waals surface area contributed by atoms with Gasteiger partial charge in [-0.3, -0.25) is 24.4 Å². The van der Waals surface area contributed by atoms with Gasteiger partial charge in [-0.05, 0) is 47.9 Å². The van der Waals surface area contributed by atoms with Gasteiger partial charge in [0.15, 0.2) is 5.58 Å². The average Bonchev–Trinajstić information content (AvgIpc) is 3.28. The summed E-state index contributed by atoms with van der Waals surface area (Å²) in [5, 5.41) is 2.90. The molecule has 0 saturated carbocycles. The third-order valence-corrected chi connectivity index (χ3v) is 7.04. The first kappa shape index (κ1) is 27.3. The number of aromatic nitrogens is 1. The summed E-state index contributed by atoms with van der Waals surface area (Å²) in [4.78, 5) is 46.0. The Bertz CT molecular complexity index is 1550. The summed E-state index contributed by atoms with van der Waals surface area (Å²) in [5.41, 5.74) is 4.27. The molecule has 9 nitrogen and oxygen atoms in total. The molecule has 0 atom stereocenters. The lowest BCUT2D eigenvalue weighted by Gasteiger charge is -2.27. The van der Waals surface area contributed by atoms with Gasteiger partial charge in [-0.1, -0.05) is 30.3 Å². The largest absolute Gasteiger partial charge is 0.417 e. The van der Waals surface area contributed by atoms with Crippen molar-refractivity contribution in [2.24, 2.45) is 0 Å². The number of oxazole rings is 1. The van der Waals surface area contributed by atoms with Crippen LogP contribution in [0.3, 0.4) is 0 Å². The fraction of sp³-hybridized carbons (Fsp3) is 0.300. The van der Waals surface area contributed by atoms with Crippen LogP contribution < -0.4 is 16.0 Å². The normalized spacial score (nSPS) is 15.4. The van der Waals surface area contributed by atoms with Gasteiger partial charge in [-0.25, -0.2) is 9.18 Å². The second kappa shape index (κ2) is 12.3. The van der Waals surface area contributed by atoms with Crippen molar-refractivity contribution in [1.29, 1.82) is 0 Å². The summed E-state index contributed by atoms with van der Waals surface area (Å²) in [6.07, 6.45) is 0.771. The van der Waals surface area contributed by atoms with Crippen LogP contribution >= 0.6 is 0 Å². The maximum Gasteiger partial charge on any atom is 0.417 e. The van der Waals surface area contributed by atoms with Crippen LogP contribution in [0.25, 0.3) is 11.1 Å². The number of amides is 2. The number of H-pyrrole nitrogens is 1. The van der Waals surface area contributed by atoms with Crippen LogP contribution in [0.2, 0.25) is 0 Å². The highest BCUT2D eigenvalue weighted by Gasteiger charge is 2.21. The molecule has 2 amide bonds. The number of halogens is 1. The molecule has 5 rings (SSSR count). The molecule has 2 heterocycles. The summed E-state index contributed by atoms with van der Waals surface area (Å²) in [6, 6.07) is 19.3. The molecule has 0 bridgehead atoms. The third-order valence-electron chi connectivity index (χ3n) is 7.04. The number of hydrogen-bond acceptors (Lipinski definition) is 6. The monoisotopic (exact) mass is 545 g/mol. The molecule has 208 valence electrons. The number of aromatic amines is 1. The van der Waals surface area contributed by atoms with E-state index in [0.29, 0.717) is 49.5 Å².